The molecule has 5 nitrogen and oxygen atoms in total. The third-order valence-corrected chi connectivity index (χ3v) is 3.71. The molecule has 25 heavy (non-hydrogen) atoms. The fraction of sp³-hybridized carbons (Fsp3) is 0.150. The Morgan fingerprint density at radius 1 is 0.880 bits per heavy atom. The molecule has 126 valence electrons. The van der Waals surface area contributed by atoms with Gasteiger partial charge in [0.2, 0.25) is 0 Å². The van der Waals surface area contributed by atoms with Gasteiger partial charge in [0.15, 0.2) is 0 Å². The molecule has 3 rings (SSSR count). The Morgan fingerprint density at radius 2 is 1.52 bits per heavy atom. The van der Waals surface area contributed by atoms with E-state index in [9.17, 15) is 9.59 Å². The number of nitrogens with one attached hydrogen (secondary N) is 2. The first-order valence-corrected chi connectivity index (χ1v) is 8.10. The number of fused-ring (bicyclic) bond motifs is 1. The van der Waals surface area contributed by atoms with E-state index >= 15 is 0 Å². The minimum Gasteiger partial charge on any atom is -0.350 e. The molecule has 0 aliphatic carbocycles. The molecule has 2 aromatic carbocycles. The maximum absolute atomic E-state index is 12.5. The Balaban J connectivity index is 1.78. The highest BCUT2D eigenvalue weighted by atomic mass is 16.2. The van der Waals surface area contributed by atoms with Crippen molar-refractivity contribution in [3.8, 4) is 0 Å². The van der Waals surface area contributed by atoms with Gasteiger partial charge >= 0.3 is 0 Å². The number of aromatic nitrogens is 1. The predicted molar refractivity (Wildman–Crippen MR) is 98.7 cm³/mol. The number of carbonyl (C=O) groups is 2. The van der Waals surface area contributed by atoms with Gasteiger partial charge in [-0.15, -0.1) is 0 Å². The van der Waals surface area contributed by atoms with Gasteiger partial charge in [0.1, 0.15) is 0 Å². The fourth-order valence-corrected chi connectivity index (χ4v) is 2.52. The number of hydrogen-bond acceptors (Lipinski definition) is 3. The van der Waals surface area contributed by atoms with Crippen molar-refractivity contribution in [2.75, 3.05) is 5.32 Å². The van der Waals surface area contributed by atoms with E-state index in [0.29, 0.717) is 16.8 Å². The first kappa shape index (κ1) is 16.6. The van der Waals surface area contributed by atoms with Gasteiger partial charge in [-0.3, -0.25) is 14.6 Å². The van der Waals surface area contributed by atoms with Gasteiger partial charge < -0.3 is 10.6 Å². The molecule has 0 saturated carbocycles. The van der Waals surface area contributed by atoms with Crippen molar-refractivity contribution in [1.82, 2.24) is 10.3 Å². The van der Waals surface area contributed by atoms with E-state index in [-0.39, 0.29) is 17.9 Å². The normalized spacial score (nSPS) is 10.7. The smallest absolute Gasteiger partial charge is 0.255 e. The lowest BCUT2D eigenvalue weighted by Gasteiger charge is -2.10. The molecule has 0 radical (unpaired) electrons. The third kappa shape index (κ3) is 3.83. The zero-order valence-electron chi connectivity index (χ0n) is 14.1. The van der Waals surface area contributed by atoms with Crippen molar-refractivity contribution in [3.05, 3.63) is 71.9 Å². The van der Waals surface area contributed by atoms with Gasteiger partial charge in [0.05, 0.1) is 11.2 Å². The van der Waals surface area contributed by atoms with Crippen molar-refractivity contribution in [2.24, 2.45) is 0 Å². The van der Waals surface area contributed by atoms with Crippen LogP contribution >= 0.6 is 0 Å². The lowest BCUT2D eigenvalue weighted by molar-refractivity contribution is 0.0941. The van der Waals surface area contributed by atoms with Gasteiger partial charge in [-0.1, -0.05) is 18.2 Å². The second kappa shape index (κ2) is 7.13. The van der Waals surface area contributed by atoms with Crippen molar-refractivity contribution >= 4 is 28.4 Å². The van der Waals surface area contributed by atoms with E-state index in [1.54, 1.807) is 30.5 Å². The van der Waals surface area contributed by atoms with Crippen LogP contribution < -0.4 is 10.6 Å². The Labute approximate surface area is 146 Å². The molecule has 2 N–H and O–H groups in total. The summed E-state index contributed by atoms with van der Waals surface area (Å²) >= 11 is 0. The lowest BCUT2D eigenvalue weighted by atomic mass is 10.1. The molecule has 0 aliphatic heterocycles. The van der Waals surface area contributed by atoms with Crippen LogP contribution in [0.1, 0.15) is 34.6 Å². The SMILES string of the molecule is CC(C)NC(=O)c1ccc(C(=O)Nc2cccc3cccnc23)cc1. The van der Waals surface area contributed by atoms with Crippen LogP contribution in [-0.2, 0) is 0 Å². The van der Waals surface area contributed by atoms with Crippen molar-refractivity contribution in [1.29, 1.82) is 0 Å². The molecule has 5 heteroatoms. The number of anilines is 1. The summed E-state index contributed by atoms with van der Waals surface area (Å²) in [5, 5.41) is 6.66. The molecule has 2 amide bonds. The van der Waals surface area contributed by atoms with Crippen LogP contribution in [0.3, 0.4) is 0 Å². The van der Waals surface area contributed by atoms with E-state index in [1.807, 2.05) is 44.2 Å². The second-order valence-electron chi connectivity index (χ2n) is 6.04. The molecular weight excluding hydrogens is 314 g/mol. The van der Waals surface area contributed by atoms with Crippen molar-refractivity contribution in [3.63, 3.8) is 0 Å². The van der Waals surface area contributed by atoms with Crippen molar-refractivity contribution in [2.45, 2.75) is 19.9 Å². The summed E-state index contributed by atoms with van der Waals surface area (Å²) < 4.78 is 0. The molecule has 0 spiro atoms. The highest BCUT2D eigenvalue weighted by Gasteiger charge is 2.11. The molecule has 3 aromatic rings. The van der Waals surface area contributed by atoms with Crippen LogP contribution in [-0.4, -0.2) is 22.8 Å². The predicted octanol–water partition coefficient (Wildman–Crippen LogP) is 3.63. The summed E-state index contributed by atoms with van der Waals surface area (Å²) in [6.07, 6.45) is 1.69. The molecule has 0 bridgehead atoms. The molecule has 1 aromatic heterocycles. The Bertz CT molecular complexity index is 912. The first-order valence-electron chi connectivity index (χ1n) is 8.10. The Morgan fingerprint density at radius 3 is 2.20 bits per heavy atom. The Kier molecular flexibility index (Phi) is 4.75. The molecule has 0 aliphatic rings. The maximum Gasteiger partial charge on any atom is 0.255 e. The minimum atomic E-state index is -0.242. The standard InChI is InChI=1S/C20H19N3O2/c1-13(2)22-19(24)15-8-10-16(11-9-15)20(25)23-17-7-3-5-14-6-4-12-21-18(14)17/h3-13H,1-2H3,(H,22,24)(H,23,25). The zero-order chi connectivity index (χ0) is 17.8. The molecule has 0 atom stereocenters. The number of amides is 2. The highest BCUT2D eigenvalue weighted by Crippen LogP contribution is 2.21. The fourth-order valence-electron chi connectivity index (χ4n) is 2.52. The highest BCUT2D eigenvalue weighted by molar-refractivity contribution is 6.08. The number of hydrogen-bond donors (Lipinski definition) is 2. The maximum atomic E-state index is 12.5. The van der Waals surface area contributed by atoms with E-state index in [1.165, 1.54) is 0 Å². The summed E-state index contributed by atoms with van der Waals surface area (Å²) in [7, 11) is 0. The molecular formula is C20H19N3O2. The average Bonchev–Trinajstić information content (AvgIpc) is 2.61. The number of para-hydroxylation sites is 1. The first-order chi connectivity index (χ1) is 12.0. The Hall–Kier alpha value is -3.21. The van der Waals surface area contributed by atoms with Gasteiger partial charge in [-0.25, -0.2) is 0 Å². The summed E-state index contributed by atoms with van der Waals surface area (Å²) in [6.45, 7) is 3.80. The largest absolute Gasteiger partial charge is 0.350 e. The van der Waals surface area contributed by atoms with Crippen LogP contribution in [0, 0.1) is 0 Å². The molecule has 0 unspecified atom stereocenters. The van der Waals surface area contributed by atoms with Crippen LogP contribution in [0.25, 0.3) is 10.9 Å². The lowest BCUT2D eigenvalue weighted by Crippen LogP contribution is -2.30. The van der Waals surface area contributed by atoms with Crippen LogP contribution in [0.2, 0.25) is 0 Å². The van der Waals surface area contributed by atoms with Crippen LogP contribution in [0.4, 0.5) is 5.69 Å². The van der Waals surface area contributed by atoms with E-state index < -0.39 is 0 Å². The van der Waals surface area contributed by atoms with E-state index in [0.717, 1.165) is 10.9 Å². The van der Waals surface area contributed by atoms with Gasteiger partial charge in [-0.2, -0.15) is 0 Å². The van der Waals surface area contributed by atoms with Gasteiger partial charge in [0, 0.05) is 28.8 Å². The molecule has 0 fully saturated rings. The number of rotatable bonds is 4. The molecule has 1 heterocycles. The van der Waals surface area contributed by atoms with Crippen LogP contribution in [0.15, 0.2) is 60.8 Å². The minimum absolute atomic E-state index is 0.0642. The van der Waals surface area contributed by atoms with Crippen LogP contribution in [0.5, 0.6) is 0 Å². The zero-order valence-corrected chi connectivity index (χ0v) is 14.1. The van der Waals surface area contributed by atoms with Crippen molar-refractivity contribution < 1.29 is 9.59 Å². The number of carbonyl (C=O) groups excluding carboxylic acids is 2. The number of benzene rings is 2. The van der Waals surface area contributed by atoms with Gasteiger partial charge in [-0.05, 0) is 50.2 Å². The number of nitrogens with zero attached hydrogens (tertiary/aromatic N) is 1. The van der Waals surface area contributed by atoms with E-state index in [2.05, 4.69) is 15.6 Å². The quantitative estimate of drug-likeness (QED) is 0.766. The summed E-state index contributed by atoms with van der Waals surface area (Å²) in [6, 6.07) is 16.1. The third-order valence-electron chi connectivity index (χ3n) is 3.71. The topological polar surface area (TPSA) is 71.1 Å². The average molecular weight is 333 g/mol. The number of pyridine rings is 1. The second-order valence-corrected chi connectivity index (χ2v) is 6.04. The summed E-state index contributed by atoms with van der Waals surface area (Å²) in [5.74, 6) is -0.394. The monoisotopic (exact) mass is 333 g/mol. The summed E-state index contributed by atoms with van der Waals surface area (Å²) in [5.41, 5.74) is 2.40. The van der Waals surface area contributed by atoms with E-state index in [4.69, 9.17) is 0 Å². The van der Waals surface area contributed by atoms with Gasteiger partial charge in [0.25, 0.3) is 11.8 Å². The molecule has 0 saturated heterocycles. The summed E-state index contributed by atoms with van der Waals surface area (Å²) in [4.78, 5) is 28.8.